The highest BCUT2D eigenvalue weighted by Crippen LogP contribution is 2.16. The van der Waals surface area contributed by atoms with E-state index in [0.29, 0.717) is 23.0 Å². The van der Waals surface area contributed by atoms with Gasteiger partial charge < -0.3 is 11.1 Å². The Morgan fingerprint density at radius 2 is 2.00 bits per heavy atom. The number of aromatic nitrogens is 2. The second-order valence-electron chi connectivity index (χ2n) is 5.16. The van der Waals surface area contributed by atoms with Gasteiger partial charge in [0.2, 0.25) is 0 Å². The second kappa shape index (κ2) is 6.27. The summed E-state index contributed by atoms with van der Waals surface area (Å²) in [7, 11) is 0. The molecule has 3 N–H and O–H groups in total. The van der Waals surface area contributed by atoms with Gasteiger partial charge in [-0.05, 0) is 23.3 Å². The second-order valence-corrected chi connectivity index (χ2v) is 5.16. The molecule has 5 heteroatoms. The van der Waals surface area contributed by atoms with Crippen LogP contribution in [0.2, 0.25) is 0 Å². The number of nitrogens with one attached hydrogen (secondary N) is 1. The molecule has 0 aliphatic carbocycles. The Balaban J connectivity index is 2.05. The molecule has 1 heterocycles. The van der Waals surface area contributed by atoms with Gasteiger partial charge in [0, 0.05) is 18.0 Å². The molecule has 23 heavy (non-hydrogen) atoms. The third kappa shape index (κ3) is 2.89. The Morgan fingerprint density at radius 1 is 1.22 bits per heavy atom. The van der Waals surface area contributed by atoms with Gasteiger partial charge in [-0.2, -0.15) is 0 Å². The topological polar surface area (TPSA) is 84.8 Å². The lowest BCUT2D eigenvalue weighted by atomic mass is 10.1. The van der Waals surface area contributed by atoms with Crippen molar-refractivity contribution in [3.8, 4) is 0 Å². The Labute approximate surface area is 133 Å². The summed E-state index contributed by atoms with van der Waals surface area (Å²) in [6.45, 7) is 0.485. The molecule has 0 radical (unpaired) electrons. The minimum absolute atomic E-state index is 0.0847. The molecule has 0 saturated carbocycles. The van der Waals surface area contributed by atoms with E-state index in [2.05, 4.69) is 4.98 Å². The minimum Gasteiger partial charge on any atom is -0.404 e. The van der Waals surface area contributed by atoms with Crippen LogP contribution in [0.15, 0.2) is 65.9 Å². The minimum atomic E-state index is -0.0847. The lowest BCUT2D eigenvalue weighted by Crippen LogP contribution is -2.21. The Hall–Kier alpha value is -3.21. The van der Waals surface area contributed by atoms with E-state index in [1.54, 1.807) is 29.1 Å². The van der Waals surface area contributed by atoms with Crippen molar-refractivity contribution in [2.75, 3.05) is 0 Å². The summed E-state index contributed by atoms with van der Waals surface area (Å²) in [5, 5.41) is 7.90. The van der Waals surface area contributed by atoms with E-state index in [4.69, 9.17) is 11.1 Å². The van der Waals surface area contributed by atoms with E-state index in [-0.39, 0.29) is 5.56 Å². The lowest BCUT2D eigenvalue weighted by molar-refractivity contribution is 0.748. The normalized spacial score (nSPS) is 11.6. The molecule has 0 saturated heterocycles. The zero-order valence-electron chi connectivity index (χ0n) is 12.4. The van der Waals surface area contributed by atoms with Crippen molar-refractivity contribution >= 4 is 22.7 Å². The van der Waals surface area contributed by atoms with E-state index in [0.717, 1.165) is 11.1 Å². The van der Waals surface area contributed by atoms with Gasteiger partial charge >= 0.3 is 0 Å². The van der Waals surface area contributed by atoms with E-state index in [9.17, 15) is 4.79 Å². The van der Waals surface area contributed by atoms with E-state index in [1.165, 1.54) is 12.4 Å². The first-order valence-corrected chi connectivity index (χ1v) is 7.19. The summed E-state index contributed by atoms with van der Waals surface area (Å²) in [4.78, 5) is 17.0. The molecule has 2 aromatic carbocycles. The first-order chi connectivity index (χ1) is 11.2. The van der Waals surface area contributed by atoms with Crippen LogP contribution in [-0.4, -0.2) is 15.8 Å². The summed E-state index contributed by atoms with van der Waals surface area (Å²) in [5.74, 6) is 0. The summed E-state index contributed by atoms with van der Waals surface area (Å²) in [6.07, 6.45) is 4.10. The number of nitrogens with two attached hydrogens (primary N) is 1. The first kappa shape index (κ1) is 14.7. The molecule has 0 amide bonds. The standard InChI is InChI=1S/C18H16N4O/c19-9-15(10-20)14-6-7-16-17(8-14)21-12-22(18(16)23)11-13-4-2-1-3-5-13/h1-10,12,19H,11,20H2. The van der Waals surface area contributed by atoms with E-state index < -0.39 is 0 Å². The fraction of sp³-hybridized carbons (Fsp3) is 0.0556. The van der Waals surface area contributed by atoms with E-state index >= 15 is 0 Å². The van der Waals surface area contributed by atoms with Gasteiger partial charge in [-0.3, -0.25) is 9.36 Å². The molecule has 0 unspecified atom stereocenters. The van der Waals surface area contributed by atoms with Crippen LogP contribution in [0, 0.1) is 5.41 Å². The molecule has 1 aromatic heterocycles. The van der Waals surface area contributed by atoms with Crippen molar-refractivity contribution in [3.05, 3.63) is 82.5 Å². The lowest BCUT2D eigenvalue weighted by Gasteiger charge is -2.08. The first-order valence-electron chi connectivity index (χ1n) is 7.19. The fourth-order valence-corrected chi connectivity index (χ4v) is 2.46. The van der Waals surface area contributed by atoms with Gasteiger partial charge in [0.25, 0.3) is 5.56 Å². The molecule has 0 aliphatic heterocycles. The van der Waals surface area contributed by atoms with Crippen molar-refractivity contribution in [2.24, 2.45) is 5.73 Å². The predicted molar refractivity (Wildman–Crippen MR) is 92.5 cm³/mol. The molecule has 3 rings (SSSR count). The molecule has 114 valence electrons. The van der Waals surface area contributed by atoms with Crippen LogP contribution in [0.25, 0.3) is 16.5 Å². The molecule has 0 bridgehead atoms. The summed E-state index contributed by atoms with van der Waals surface area (Å²) in [6, 6.07) is 15.1. The molecule has 0 spiro atoms. The number of nitrogens with zero attached hydrogens (tertiary/aromatic N) is 2. The van der Waals surface area contributed by atoms with Crippen LogP contribution in [0.5, 0.6) is 0 Å². The maximum absolute atomic E-state index is 12.6. The van der Waals surface area contributed by atoms with Crippen LogP contribution in [0.1, 0.15) is 11.1 Å². The van der Waals surface area contributed by atoms with Crippen LogP contribution >= 0.6 is 0 Å². The van der Waals surface area contributed by atoms with Gasteiger partial charge in [0.1, 0.15) is 0 Å². The number of hydrogen-bond donors (Lipinski definition) is 2. The highest BCUT2D eigenvalue weighted by atomic mass is 16.1. The molecule has 3 aromatic rings. The number of hydrogen-bond acceptors (Lipinski definition) is 4. The van der Waals surface area contributed by atoms with Crippen molar-refractivity contribution < 1.29 is 0 Å². The number of benzene rings is 2. The molecule has 5 nitrogen and oxygen atoms in total. The zero-order valence-corrected chi connectivity index (χ0v) is 12.4. The predicted octanol–water partition coefficient (Wildman–Crippen LogP) is 2.39. The maximum atomic E-state index is 12.6. The molecular formula is C18H16N4O. The average Bonchev–Trinajstić information content (AvgIpc) is 2.59. The van der Waals surface area contributed by atoms with Gasteiger partial charge in [-0.25, -0.2) is 4.98 Å². The number of allylic oxidation sites excluding steroid dienone is 1. The largest absolute Gasteiger partial charge is 0.404 e. The van der Waals surface area contributed by atoms with Crippen molar-refractivity contribution in [2.45, 2.75) is 6.54 Å². The van der Waals surface area contributed by atoms with Crippen LogP contribution < -0.4 is 11.3 Å². The summed E-state index contributed by atoms with van der Waals surface area (Å²) >= 11 is 0. The number of fused-ring (bicyclic) bond motifs is 1. The quantitative estimate of drug-likeness (QED) is 0.726. The maximum Gasteiger partial charge on any atom is 0.261 e. The van der Waals surface area contributed by atoms with Crippen LogP contribution in [0.3, 0.4) is 0 Å². The Bertz CT molecular complexity index is 942. The Morgan fingerprint density at radius 3 is 2.70 bits per heavy atom. The Kier molecular flexibility index (Phi) is 4.01. The van der Waals surface area contributed by atoms with Gasteiger partial charge in [-0.15, -0.1) is 0 Å². The van der Waals surface area contributed by atoms with Crippen LogP contribution in [-0.2, 0) is 6.54 Å². The van der Waals surface area contributed by atoms with Crippen LogP contribution in [0.4, 0.5) is 0 Å². The molecule has 0 aliphatic rings. The fourth-order valence-electron chi connectivity index (χ4n) is 2.46. The van der Waals surface area contributed by atoms with E-state index in [1.807, 2.05) is 30.3 Å². The van der Waals surface area contributed by atoms with Gasteiger partial charge in [0.15, 0.2) is 0 Å². The SMILES string of the molecule is N=CC(=CN)c1ccc2c(=O)n(Cc3ccccc3)cnc2c1. The highest BCUT2D eigenvalue weighted by molar-refractivity contribution is 6.09. The zero-order chi connectivity index (χ0) is 16.2. The monoisotopic (exact) mass is 304 g/mol. The smallest absolute Gasteiger partial charge is 0.261 e. The third-order valence-electron chi connectivity index (χ3n) is 3.69. The third-order valence-corrected chi connectivity index (χ3v) is 3.69. The van der Waals surface area contributed by atoms with Gasteiger partial charge in [0.05, 0.1) is 23.8 Å². The highest BCUT2D eigenvalue weighted by Gasteiger charge is 2.07. The average molecular weight is 304 g/mol. The molecule has 0 fully saturated rings. The molecular weight excluding hydrogens is 288 g/mol. The van der Waals surface area contributed by atoms with Crippen molar-refractivity contribution in [1.29, 1.82) is 5.41 Å². The van der Waals surface area contributed by atoms with Crippen molar-refractivity contribution in [3.63, 3.8) is 0 Å². The van der Waals surface area contributed by atoms with Gasteiger partial charge in [-0.1, -0.05) is 36.4 Å². The summed E-state index contributed by atoms with van der Waals surface area (Å²) < 4.78 is 1.59. The summed E-state index contributed by atoms with van der Waals surface area (Å²) in [5.41, 5.74) is 8.41. The number of rotatable bonds is 4. The molecule has 0 atom stereocenters. The van der Waals surface area contributed by atoms with Crippen molar-refractivity contribution in [1.82, 2.24) is 9.55 Å².